The predicted octanol–water partition coefficient (Wildman–Crippen LogP) is 1.83. The van der Waals surface area contributed by atoms with Gasteiger partial charge >= 0.3 is 0 Å². The zero-order valence-corrected chi connectivity index (χ0v) is 13.3. The normalized spacial score (nSPS) is 18.8. The zero-order chi connectivity index (χ0) is 16.2. The standard InChI is InChI=1S/C17H19N5O2/c1-2-4-14(5-3-1)16-8-19-17(24-16)11-21-6-7-23-15(9-21)10-22-13-18-12-20-22/h1-5,8,12-13,15H,6-7,9-11H2. The minimum Gasteiger partial charge on any atom is -0.439 e. The van der Waals surface area contributed by atoms with Crippen molar-refractivity contribution in [3.05, 3.63) is 55.1 Å². The lowest BCUT2D eigenvalue weighted by Crippen LogP contribution is -2.43. The molecule has 0 N–H and O–H groups in total. The molecule has 1 aromatic carbocycles. The molecule has 3 aromatic rings. The third-order valence-electron chi connectivity index (χ3n) is 4.05. The van der Waals surface area contributed by atoms with Gasteiger partial charge in [-0.25, -0.2) is 9.97 Å². The topological polar surface area (TPSA) is 69.2 Å². The van der Waals surface area contributed by atoms with Crippen molar-refractivity contribution in [3.8, 4) is 11.3 Å². The summed E-state index contributed by atoms with van der Waals surface area (Å²) in [5.74, 6) is 1.54. The molecule has 1 atom stereocenters. The van der Waals surface area contributed by atoms with Gasteiger partial charge in [0.1, 0.15) is 12.7 Å². The Bertz CT molecular complexity index is 756. The Labute approximate surface area is 139 Å². The van der Waals surface area contributed by atoms with Crippen LogP contribution < -0.4 is 0 Å². The van der Waals surface area contributed by atoms with Crippen molar-refractivity contribution in [2.24, 2.45) is 0 Å². The van der Waals surface area contributed by atoms with Gasteiger partial charge in [-0.15, -0.1) is 0 Å². The number of ether oxygens (including phenoxy) is 1. The summed E-state index contributed by atoms with van der Waals surface area (Å²) in [6, 6.07) is 10.0. The number of aromatic nitrogens is 4. The second-order valence-corrected chi connectivity index (χ2v) is 5.83. The summed E-state index contributed by atoms with van der Waals surface area (Å²) in [6.07, 6.45) is 5.14. The fourth-order valence-electron chi connectivity index (χ4n) is 2.88. The maximum atomic E-state index is 5.89. The molecule has 7 nitrogen and oxygen atoms in total. The molecular formula is C17H19N5O2. The molecule has 0 spiro atoms. The van der Waals surface area contributed by atoms with Crippen LogP contribution >= 0.6 is 0 Å². The second-order valence-electron chi connectivity index (χ2n) is 5.83. The summed E-state index contributed by atoms with van der Waals surface area (Å²) in [5, 5.41) is 4.13. The van der Waals surface area contributed by atoms with Crippen LogP contribution in [0.5, 0.6) is 0 Å². The monoisotopic (exact) mass is 325 g/mol. The first-order valence-corrected chi connectivity index (χ1v) is 8.03. The third kappa shape index (κ3) is 3.52. The van der Waals surface area contributed by atoms with E-state index in [1.807, 2.05) is 30.3 Å². The highest BCUT2D eigenvalue weighted by atomic mass is 16.5. The van der Waals surface area contributed by atoms with Crippen molar-refractivity contribution in [1.29, 1.82) is 0 Å². The second kappa shape index (κ2) is 6.94. The molecule has 0 radical (unpaired) electrons. The van der Waals surface area contributed by atoms with Crippen LogP contribution in [0.3, 0.4) is 0 Å². The SMILES string of the molecule is c1ccc(-c2cnc(CN3CCOC(Cn4cncn4)C3)o2)cc1. The Hall–Kier alpha value is -2.51. The van der Waals surface area contributed by atoms with Crippen molar-refractivity contribution in [3.63, 3.8) is 0 Å². The van der Waals surface area contributed by atoms with E-state index < -0.39 is 0 Å². The van der Waals surface area contributed by atoms with Crippen LogP contribution in [0.15, 0.2) is 53.6 Å². The molecular weight excluding hydrogens is 306 g/mol. The quantitative estimate of drug-likeness (QED) is 0.713. The largest absolute Gasteiger partial charge is 0.439 e. The minimum atomic E-state index is 0.101. The van der Waals surface area contributed by atoms with Gasteiger partial charge in [0.15, 0.2) is 5.76 Å². The lowest BCUT2D eigenvalue weighted by molar-refractivity contribution is -0.0422. The maximum Gasteiger partial charge on any atom is 0.209 e. The van der Waals surface area contributed by atoms with Crippen molar-refractivity contribution >= 4 is 0 Å². The molecule has 1 fully saturated rings. The van der Waals surface area contributed by atoms with Gasteiger partial charge in [0.2, 0.25) is 5.89 Å². The fourth-order valence-corrected chi connectivity index (χ4v) is 2.88. The smallest absolute Gasteiger partial charge is 0.209 e. The molecule has 124 valence electrons. The number of nitrogens with zero attached hydrogens (tertiary/aromatic N) is 5. The number of oxazole rings is 1. The molecule has 4 rings (SSSR count). The summed E-state index contributed by atoms with van der Waals surface area (Å²) >= 11 is 0. The molecule has 0 aliphatic carbocycles. The molecule has 1 aliphatic rings. The molecule has 1 aliphatic heterocycles. The molecule has 0 amide bonds. The van der Waals surface area contributed by atoms with Gasteiger partial charge in [-0.3, -0.25) is 9.58 Å². The summed E-state index contributed by atoms with van der Waals surface area (Å²) in [4.78, 5) is 10.7. The summed E-state index contributed by atoms with van der Waals surface area (Å²) in [6.45, 7) is 3.78. The number of morpholine rings is 1. The van der Waals surface area contributed by atoms with Crippen molar-refractivity contribution in [2.75, 3.05) is 19.7 Å². The summed E-state index contributed by atoms with van der Waals surface area (Å²) < 4.78 is 13.5. The van der Waals surface area contributed by atoms with Gasteiger partial charge < -0.3 is 9.15 Å². The average molecular weight is 325 g/mol. The molecule has 3 heterocycles. The molecule has 2 aromatic heterocycles. The number of hydrogen-bond acceptors (Lipinski definition) is 6. The first-order valence-electron chi connectivity index (χ1n) is 8.03. The Kier molecular flexibility index (Phi) is 4.35. The lowest BCUT2D eigenvalue weighted by Gasteiger charge is -2.31. The first-order chi connectivity index (χ1) is 11.9. The Morgan fingerprint density at radius 2 is 2.12 bits per heavy atom. The summed E-state index contributed by atoms with van der Waals surface area (Å²) in [7, 11) is 0. The fraction of sp³-hybridized carbons (Fsp3) is 0.353. The minimum absolute atomic E-state index is 0.101. The van der Waals surface area contributed by atoms with E-state index in [9.17, 15) is 0 Å². The van der Waals surface area contributed by atoms with Gasteiger partial charge in [0.25, 0.3) is 0 Å². The summed E-state index contributed by atoms with van der Waals surface area (Å²) in [5.41, 5.74) is 1.04. The number of hydrogen-bond donors (Lipinski definition) is 0. The van der Waals surface area contributed by atoms with Gasteiger partial charge in [0.05, 0.1) is 32.0 Å². The van der Waals surface area contributed by atoms with Crippen LogP contribution in [-0.4, -0.2) is 50.4 Å². The van der Waals surface area contributed by atoms with E-state index in [1.54, 1.807) is 23.5 Å². The van der Waals surface area contributed by atoms with Gasteiger partial charge in [-0.05, 0) is 0 Å². The van der Waals surface area contributed by atoms with Crippen LogP contribution in [0.1, 0.15) is 5.89 Å². The highest BCUT2D eigenvalue weighted by Gasteiger charge is 2.22. The maximum absolute atomic E-state index is 5.89. The molecule has 7 heteroatoms. The average Bonchev–Trinajstić information content (AvgIpc) is 3.28. The van der Waals surface area contributed by atoms with E-state index in [0.717, 1.165) is 30.3 Å². The van der Waals surface area contributed by atoms with Crippen LogP contribution in [-0.2, 0) is 17.8 Å². The van der Waals surface area contributed by atoms with Crippen LogP contribution in [0.25, 0.3) is 11.3 Å². The third-order valence-corrected chi connectivity index (χ3v) is 4.05. The van der Waals surface area contributed by atoms with Crippen molar-refractivity contribution in [2.45, 2.75) is 19.2 Å². The predicted molar refractivity (Wildman–Crippen MR) is 87.0 cm³/mol. The van der Waals surface area contributed by atoms with Crippen molar-refractivity contribution < 1.29 is 9.15 Å². The number of benzene rings is 1. The molecule has 1 saturated heterocycles. The van der Waals surface area contributed by atoms with Gasteiger partial charge in [0, 0.05) is 18.7 Å². The lowest BCUT2D eigenvalue weighted by atomic mass is 10.2. The van der Waals surface area contributed by atoms with E-state index in [-0.39, 0.29) is 6.10 Å². The van der Waals surface area contributed by atoms with Gasteiger partial charge in [-0.1, -0.05) is 30.3 Å². The van der Waals surface area contributed by atoms with E-state index in [1.165, 1.54) is 0 Å². The Morgan fingerprint density at radius 3 is 2.96 bits per heavy atom. The van der Waals surface area contributed by atoms with Crippen LogP contribution in [0.2, 0.25) is 0 Å². The van der Waals surface area contributed by atoms with E-state index in [2.05, 4.69) is 20.0 Å². The van der Waals surface area contributed by atoms with E-state index in [0.29, 0.717) is 19.7 Å². The Balaban J connectivity index is 1.37. The molecule has 24 heavy (non-hydrogen) atoms. The van der Waals surface area contributed by atoms with Crippen molar-refractivity contribution in [1.82, 2.24) is 24.6 Å². The highest BCUT2D eigenvalue weighted by molar-refractivity contribution is 5.55. The first kappa shape index (κ1) is 15.0. The number of rotatable bonds is 5. The Morgan fingerprint density at radius 1 is 1.21 bits per heavy atom. The zero-order valence-electron chi connectivity index (χ0n) is 13.3. The van der Waals surface area contributed by atoms with E-state index >= 15 is 0 Å². The molecule has 0 bridgehead atoms. The highest BCUT2D eigenvalue weighted by Crippen LogP contribution is 2.21. The van der Waals surface area contributed by atoms with Gasteiger partial charge in [-0.2, -0.15) is 5.10 Å². The molecule has 0 saturated carbocycles. The van der Waals surface area contributed by atoms with Crippen LogP contribution in [0, 0.1) is 0 Å². The molecule has 1 unspecified atom stereocenters. The van der Waals surface area contributed by atoms with Crippen LogP contribution in [0.4, 0.5) is 0 Å². The van der Waals surface area contributed by atoms with E-state index in [4.69, 9.17) is 9.15 Å².